The Hall–Kier alpha value is -1.55. The number of anilines is 1. The molecule has 0 aliphatic carbocycles. The van der Waals surface area contributed by atoms with Gasteiger partial charge in [0.05, 0.1) is 6.54 Å². The lowest BCUT2D eigenvalue weighted by Crippen LogP contribution is -2.41. The minimum absolute atomic E-state index is 0.215. The van der Waals surface area contributed by atoms with Crippen LogP contribution in [0.3, 0.4) is 0 Å². The highest BCUT2D eigenvalue weighted by molar-refractivity contribution is 5.81. The first kappa shape index (κ1) is 14.4. The summed E-state index contributed by atoms with van der Waals surface area (Å²) in [5.41, 5.74) is 3.49. The number of aryl methyl sites for hydroxylation is 2. The molecule has 2 unspecified atom stereocenters. The summed E-state index contributed by atoms with van der Waals surface area (Å²) in [4.78, 5) is 14.5. The van der Waals surface area contributed by atoms with Crippen LogP contribution in [0, 0.1) is 13.8 Å². The maximum absolute atomic E-state index is 12.5. The van der Waals surface area contributed by atoms with E-state index in [1.807, 2.05) is 4.90 Å². The molecule has 1 amide bonds. The number of carbonyl (C=O) groups excluding carboxylic acids is 1. The molecule has 2 N–H and O–H groups in total. The van der Waals surface area contributed by atoms with Gasteiger partial charge in [0.15, 0.2) is 0 Å². The summed E-state index contributed by atoms with van der Waals surface area (Å²) in [5, 5.41) is 6.95. The number of nitrogens with one attached hydrogen (secondary N) is 2. The molecule has 2 heterocycles. The van der Waals surface area contributed by atoms with E-state index in [-0.39, 0.29) is 5.91 Å². The maximum Gasteiger partial charge on any atom is 0.241 e. The third-order valence-corrected chi connectivity index (χ3v) is 4.77. The van der Waals surface area contributed by atoms with Crippen LogP contribution in [0.5, 0.6) is 0 Å². The zero-order valence-electron chi connectivity index (χ0n) is 13.0. The molecule has 4 nitrogen and oxygen atoms in total. The summed E-state index contributed by atoms with van der Waals surface area (Å²) in [6, 6.07) is 7.33. The first-order valence-electron chi connectivity index (χ1n) is 7.97. The minimum Gasteiger partial charge on any atom is -0.376 e. The summed E-state index contributed by atoms with van der Waals surface area (Å²) >= 11 is 0. The molecule has 21 heavy (non-hydrogen) atoms. The molecule has 0 radical (unpaired) electrons. The molecule has 2 atom stereocenters. The van der Waals surface area contributed by atoms with Gasteiger partial charge >= 0.3 is 0 Å². The summed E-state index contributed by atoms with van der Waals surface area (Å²) in [6.07, 6.45) is 3.57. The van der Waals surface area contributed by atoms with Crippen molar-refractivity contribution in [2.75, 3.05) is 25.0 Å². The van der Waals surface area contributed by atoms with E-state index in [1.54, 1.807) is 0 Å². The van der Waals surface area contributed by atoms with E-state index in [1.165, 1.54) is 24.0 Å². The van der Waals surface area contributed by atoms with Crippen LogP contribution < -0.4 is 10.6 Å². The summed E-state index contributed by atoms with van der Waals surface area (Å²) in [7, 11) is 0. The second kappa shape index (κ2) is 6.06. The van der Waals surface area contributed by atoms with E-state index in [4.69, 9.17) is 0 Å². The number of hydrogen-bond acceptors (Lipinski definition) is 3. The van der Waals surface area contributed by atoms with E-state index in [9.17, 15) is 4.79 Å². The lowest BCUT2D eigenvalue weighted by Gasteiger charge is -2.25. The van der Waals surface area contributed by atoms with E-state index >= 15 is 0 Å². The van der Waals surface area contributed by atoms with Gasteiger partial charge in [-0.1, -0.05) is 18.2 Å². The highest BCUT2D eigenvalue weighted by atomic mass is 16.2. The van der Waals surface area contributed by atoms with E-state index in [0.29, 0.717) is 18.6 Å². The van der Waals surface area contributed by atoms with Crippen LogP contribution in [0.15, 0.2) is 18.2 Å². The van der Waals surface area contributed by atoms with Crippen molar-refractivity contribution in [3.05, 3.63) is 29.3 Å². The molecule has 2 aliphatic rings. The Morgan fingerprint density at radius 3 is 2.71 bits per heavy atom. The number of carbonyl (C=O) groups is 1. The van der Waals surface area contributed by atoms with Gasteiger partial charge in [0, 0.05) is 30.9 Å². The van der Waals surface area contributed by atoms with Gasteiger partial charge < -0.3 is 15.5 Å². The molecule has 0 spiro atoms. The average Bonchev–Trinajstić information content (AvgIpc) is 2.77. The van der Waals surface area contributed by atoms with Gasteiger partial charge in [0.1, 0.15) is 0 Å². The number of nitrogens with zero attached hydrogens (tertiary/aromatic N) is 1. The second-order valence-electron chi connectivity index (χ2n) is 6.39. The van der Waals surface area contributed by atoms with Crippen molar-refractivity contribution in [1.29, 1.82) is 0 Å². The van der Waals surface area contributed by atoms with Gasteiger partial charge in [-0.25, -0.2) is 0 Å². The Bertz CT molecular complexity index is 509. The van der Waals surface area contributed by atoms with Gasteiger partial charge in [-0.3, -0.25) is 4.79 Å². The molecule has 114 valence electrons. The van der Waals surface area contributed by atoms with Crippen LogP contribution in [-0.2, 0) is 4.79 Å². The number of fused-ring (bicyclic) bond motifs is 2. The molecule has 0 saturated carbocycles. The zero-order chi connectivity index (χ0) is 14.8. The van der Waals surface area contributed by atoms with Crippen LogP contribution in [0.2, 0.25) is 0 Å². The maximum atomic E-state index is 12.5. The van der Waals surface area contributed by atoms with Crippen LogP contribution in [0.25, 0.3) is 0 Å². The Labute approximate surface area is 126 Å². The van der Waals surface area contributed by atoms with Crippen molar-refractivity contribution in [3.63, 3.8) is 0 Å². The topological polar surface area (TPSA) is 44.4 Å². The molecule has 2 saturated heterocycles. The van der Waals surface area contributed by atoms with Gasteiger partial charge in [-0.05, 0) is 44.2 Å². The standard InChI is InChI=1S/C17H25N3O/c1-12-4-3-5-13(2)17(12)18-10-16(21)20-9-8-14-6-7-15(11-20)19-14/h3-5,14-15,18-19H,6-11H2,1-2H3. The lowest BCUT2D eigenvalue weighted by atomic mass is 10.1. The molecule has 1 aromatic carbocycles. The van der Waals surface area contributed by atoms with Gasteiger partial charge in [-0.2, -0.15) is 0 Å². The quantitative estimate of drug-likeness (QED) is 0.894. The molecular formula is C17H25N3O. The molecule has 2 fully saturated rings. The highest BCUT2D eigenvalue weighted by Gasteiger charge is 2.30. The molecule has 0 aromatic heterocycles. The Balaban J connectivity index is 1.59. The number of para-hydroxylation sites is 1. The summed E-state index contributed by atoms with van der Waals surface area (Å²) in [5.74, 6) is 0.215. The fourth-order valence-corrected chi connectivity index (χ4v) is 3.54. The first-order valence-corrected chi connectivity index (χ1v) is 7.97. The largest absolute Gasteiger partial charge is 0.376 e. The fourth-order valence-electron chi connectivity index (χ4n) is 3.54. The van der Waals surface area contributed by atoms with Crippen molar-refractivity contribution < 1.29 is 4.79 Å². The molecule has 1 aromatic rings. The zero-order valence-corrected chi connectivity index (χ0v) is 13.0. The van der Waals surface area contributed by atoms with Crippen molar-refractivity contribution >= 4 is 11.6 Å². The molecular weight excluding hydrogens is 262 g/mol. The van der Waals surface area contributed by atoms with Crippen molar-refractivity contribution in [3.8, 4) is 0 Å². The third-order valence-electron chi connectivity index (χ3n) is 4.77. The molecule has 4 heteroatoms. The van der Waals surface area contributed by atoms with E-state index < -0.39 is 0 Å². The number of rotatable bonds is 3. The van der Waals surface area contributed by atoms with Crippen molar-refractivity contribution in [1.82, 2.24) is 10.2 Å². The normalized spacial score (nSPS) is 24.8. The Kier molecular flexibility index (Phi) is 4.15. The summed E-state index contributed by atoms with van der Waals surface area (Å²) in [6.45, 7) is 6.30. The van der Waals surface area contributed by atoms with Crippen LogP contribution in [0.4, 0.5) is 5.69 Å². The van der Waals surface area contributed by atoms with Gasteiger partial charge in [0.25, 0.3) is 0 Å². The van der Waals surface area contributed by atoms with Crippen molar-refractivity contribution in [2.24, 2.45) is 0 Å². The molecule has 3 rings (SSSR count). The summed E-state index contributed by atoms with van der Waals surface area (Å²) < 4.78 is 0. The molecule has 2 bridgehead atoms. The Morgan fingerprint density at radius 2 is 1.95 bits per heavy atom. The smallest absolute Gasteiger partial charge is 0.241 e. The van der Waals surface area contributed by atoms with Crippen molar-refractivity contribution in [2.45, 2.75) is 45.2 Å². The number of benzene rings is 1. The van der Waals surface area contributed by atoms with E-state index in [2.05, 4.69) is 42.7 Å². The second-order valence-corrected chi connectivity index (χ2v) is 6.39. The number of likely N-dealkylation sites (tertiary alicyclic amines) is 1. The van der Waals surface area contributed by atoms with Crippen LogP contribution >= 0.6 is 0 Å². The van der Waals surface area contributed by atoms with Crippen LogP contribution in [-0.4, -0.2) is 42.5 Å². The van der Waals surface area contributed by atoms with Gasteiger partial charge in [0.2, 0.25) is 5.91 Å². The minimum atomic E-state index is 0.215. The third kappa shape index (κ3) is 3.21. The average molecular weight is 287 g/mol. The first-order chi connectivity index (χ1) is 10.1. The number of hydrogen-bond donors (Lipinski definition) is 2. The predicted molar refractivity (Wildman–Crippen MR) is 85.5 cm³/mol. The fraction of sp³-hybridized carbons (Fsp3) is 0.588. The predicted octanol–water partition coefficient (Wildman–Crippen LogP) is 2.07. The highest BCUT2D eigenvalue weighted by Crippen LogP contribution is 2.21. The van der Waals surface area contributed by atoms with Gasteiger partial charge in [-0.15, -0.1) is 0 Å². The van der Waals surface area contributed by atoms with Crippen LogP contribution in [0.1, 0.15) is 30.4 Å². The molecule has 2 aliphatic heterocycles. The lowest BCUT2D eigenvalue weighted by molar-refractivity contribution is -0.129. The Morgan fingerprint density at radius 1 is 1.24 bits per heavy atom. The van der Waals surface area contributed by atoms with E-state index in [0.717, 1.165) is 25.2 Å². The monoisotopic (exact) mass is 287 g/mol. The number of amides is 1. The SMILES string of the molecule is Cc1cccc(C)c1NCC(=O)N1CCC2CCC(C1)N2.